The average Bonchev–Trinajstić information content (AvgIpc) is 3.05. The van der Waals surface area contributed by atoms with Crippen LogP contribution in [-0.4, -0.2) is 43.7 Å². The van der Waals surface area contributed by atoms with Gasteiger partial charge in [-0.1, -0.05) is 50.6 Å². The van der Waals surface area contributed by atoms with Gasteiger partial charge in [0.25, 0.3) is 0 Å². The Hall–Kier alpha value is -2.44. The van der Waals surface area contributed by atoms with E-state index >= 15 is 0 Å². The number of carbonyl (C=O) groups is 1. The molecule has 6 nitrogen and oxygen atoms in total. The van der Waals surface area contributed by atoms with Gasteiger partial charge in [-0.3, -0.25) is 4.79 Å². The third-order valence-electron chi connectivity index (χ3n) is 5.59. The molecule has 0 aromatic heterocycles. The van der Waals surface area contributed by atoms with Gasteiger partial charge in [0.1, 0.15) is 5.75 Å². The van der Waals surface area contributed by atoms with E-state index in [1.54, 1.807) is 0 Å². The number of nitrogens with one attached hydrogen (secondary N) is 1. The zero-order valence-corrected chi connectivity index (χ0v) is 21.5. The van der Waals surface area contributed by atoms with Crippen LogP contribution in [0.2, 0.25) is 5.02 Å². The second kappa shape index (κ2) is 12.9. The van der Waals surface area contributed by atoms with Crippen LogP contribution in [0.5, 0.6) is 17.2 Å². The van der Waals surface area contributed by atoms with E-state index < -0.39 is 0 Å². The number of rotatable bonds is 11. The number of hydrogen-bond acceptors (Lipinski definition) is 5. The molecule has 1 N–H and O–H groups in total. The van der Waals surface area contributed by atoms with Crippen LogP contribution >= 0.6 is 11.6 Å². The molecule has 2 aromatic carbocycles. The maximum atomic E-state index is 13.4. The van der Waals surface area contributed by atoms with E-state index in [9.17, 15) is 4.79 Å². The van der Waals surface area contributed by atoms with Crippen LogP contribution in [0.1, 0.15) is 45.2 Å². The largest absolute Gasteiger partial charge is 0.494 e. The van der Waals surface area contributed by atoms with Gasteiger partial charge in [-0.05, 0) is 36.6 Å². The van der Waals surface area contributed by atoms with E-state index in [1.165, 1.54) is 0 Å². The number of nitrogens with zero attached hydrogens (tertiary/aromatic N) is 1. The van der Waals surface area contributed by atoms with Gasteiger partial charge in [0.05, 0.1) is 24.8 Å². The summed E-state index contributed by atoms with van der Waals surface area (Å²) in [6, 6.07) is 11.8. The molecular formula is C27H37ClN2O4. The molecule has 1 atom stereocenters. The van der Waals surface area contributed by atoms with Crippen molar-refractivity contribution in [3.8, 4) is 17.2 Å². The third kappa shape index (κ3) is 7.28. The highest BCUT2D eigenvalue weighted by Crippen LogP contribution is 2.38. The number of benzene rings is 2. The monoisotopic (exact) mass is 488 g/mol. The van der Waals surface area contributed by atoms with Crippen LogP contribution in [0.3, 0.4) is 0 Å². The minimum absolute atomic E-state index is 0.113. The summed E-state index contributed by atoms with van der Waals surface area (Å²) >= 11 is 6.48. The zero-order valence-electron chi connectivity index (χ0n) is 20.7. The van der Waals surface area contributed by atoms with Gasteiger partial charge in [0, 0.05) is 44.1 Å². The highest BCUT2D eigenvalue weighted by molar-refractivity contribution is 6.32. The summed E-state index contributed by atoms with van der Waals surface area (Å²) < 4.78 is 17.3. The van der Waals surface area contributed by atoms with Crippen LogP contribution in [-0.2, 0) is 17.9 Å². The second-order valence-corrected chi connectivity index (χ2v) is 9.55. The molecule has 1 unspecified atom stereocenters. The van der Waals surface area contributed by atoms with Crippen LogP contribution in [0.4, 0.5) is 0 Å². The lowest BCUT2D eigenvalue weighted by Gasteiger charge is -2.28. The minimum Gasteiger partial charge on any atom is -0.494 e. The van der Waals surface area contributed by atoms with Crippen LogP contribution in [0.15, 0.2) is 36.4 Å². The summed E-state index contributed by atoms with van der Waals surface area (Å²) in [5.74, 6) is 2.41. The van der Waals surface area contributed by atoms with Crippen molar-refractivity contribution in [3.05, 3.63) is 52.5 Å². The van der Waals surface area contributed by atoms with Crippen molar-refractivity contribution in [2.45, 2.75) is 47.2 Å². The van der Waals surface area contributed by atoms with Crippen LogP contribution in [0, 0.1) is 11.8 Å². The first-order valence-corrected chi connectivity index (χ1v) is 12.5. The van der Waals surface area contributed by atoms with Gasteiger partial charge in [0.2, 0.25) is 5.91 Å². The van der Waals surface area contributed by atoms with E-state index in [1.807, 2.05) is 55.1 Å². The molecule has 1 aliphatic rings. The fraction of sp³-hybridized carbons (Fsp3) is 0.519. The summed E-state index contributed by atoms with van der Waals surface area (Å²) in [4.78, 5) is 15.3. The number of hydrogen-bond donors (Lipinski definition) is 1. The number of amides is 1. The molecule has 3 rings (SSSR count). The zero-order chi connectivity index (χ0) is 24.5. The Labute approximate surface area is 208 Å². The lowest BCUT2D eigenvalue weighted by atomic mass is 10.1. The quantitative estimate of drug-likeness (QED) is 0.464. The highest BCUT2D eigenvalue weighted by Gasteiger charge is 2.23. The minimum atomic E-state index is -0.172. The molecule has 0 spiro atoms. The van der Waals surface area contributed by atoms with Gasteiger partial charge in [-0.15, -0.1) is 0 Å². The smallest absolute Gasteiger partial charge is 0.226 e. The standard InChI is InChI=1S/C27H37ClN2O4/c1-5-32-24-10-7-6-9-22(24)16-29-15-20(4)27(31)30(17-19(2)3)18-21-13-23(28)26-25(14-21)33-11-8-12-34-26/h6-7,9-10,13-14,19-20,29H,5,8,11-12,15-18H2,1-4H3. The topological polar surface area (TPSA) is 60.0 Å². The maximum Gasteiger partial charge on any atom is 0.226 e. The first-order chi connectivity index (χ1) is 16.4. The fourth-order valence-corrected chi connectivity index (χ4v) is 4.33. The van der Waals surface area contributed by atoms with Gasteiger partial charge in [-0.25, -0.2) is 0 Å². The van der Waals surface area contributed by atoms with E-state index in [0.717, 1.165) is 23.3 Å². The van der Waals surface area contributed by atoms with Gasteiger partial charge in [-0.2, -0.15) is 0 Å². The van der Waals surface area contributed by atoms with E-state index in [-0.39, 0.29) is 11.8 Å². The molecule has 1 heterocycles. The molecule has 0 saturated carbocycles. The van der Waals surface area contributed by atoms with Gasteiger partial charge in [0.15, 0.2) is 11.5 Å². The first kappa shape index (κ1) is 26.2. The summed E-state index contributed by atoms with van der Waals surface area (Å²) in [6.45, 7) is 12.4. The first-order valence-electron chi connectivity index (χ1n) is 12.2. The van der Waals surface area contributed by atoms with Crippen molar-refractivity contribution < 1.29 is 19.0 Å². The van der Waals surface area contributed by atoms with Gasteiger partial charge >= 0.3 is 0 Å². The maximum absolute atomic E-state index is 13.4. The number of carbonyl (C=O) groups excluding carboxylic acids is 1. The molecule has 0 fully saturated rings. The molecule has 0 radical (unpaired) electrons. The Bertz CT molecular complexity index is 950. The summed E-state index contributed by atoms with van der Waals surface area (Å²) in [5, 5.41) is 3.95. The van der Waals surface area contributed by atoms with Gasteiger partial charge < -0.3 is 24.4 Å². The predicted octanol–water partition coefficient (Wildman–Crippen LogP) is 5.31. The van der Waals surface area contributed by atoms with Crippen LogP contribution < -0.4 is 19.5 Å². The molecular weight excluding hydrogens is 452 g/mol. The fourth-order valence-electron chi connectivity index (χ4n) is 4.04. The molecule has 7 heteroatoms. The normalized spacial score (nSPS) is 13.9. The van der Waals surface area contributed by atoms with Crippen molar-refractivity contribution >= 4 is 17.5 Å². The highest BCUT2D eigenvalue weighted by atomic mass is 35.5. The Morgan fingerprint density at radius 2 is 1.94 bits per heavy atom. The molecule has 0 bridgehead atoms. The van der Waals surface area contributed by atoms with Crippen molar-refractivity contribution in [3.63, 3.8) is 0 Å². The molecule has 0 aliphatic carbocycles. The second-order valence-electron chi connectivity index (χ2n) is 9.14. The SMILES string of the molecule is CCOc1ccccc1CNCC(C)C(=O)N(Cc1cc(Cl)c2c(c1)OCCCO2)CC(C)C. The number of ether oxygens (including phenoxy) is 3. The summed E-state index contributed by atoms with van der Waals surface area (Å²) in [6.07, 6.45) is 0.817. The Balaban J connectivity index is 1.65. The Kier molecular flexibility index (Phi) is 9.90. The van der Waals surface area contributed by atoms with E-state index in [0.29, 0.717) is 68.4 Å². The van der Waals surface area contributed by atoms with Crippen LogP contribution in [0.25, 0.3) is 0 Å². The van der Waals surface area contributed by atoms with Crippen molar-refractivity contribution in [2.24, 2.45) is 11.8 Å². The number of fused-ring (bicyclic) bond motifs is 1. The lowest BCUT2D eigenvalue weighted by molar-refractivity contribution is -0.136. The molecule has 0 saturated heterocycles. The molecule has 186 valence electrons. The molecule has 1 aliphatic heterocycles. The van der Waals surface area contributed by atoms with Crippen molar-refractivity contribution in [1.82, 2.24) is 10.2 Å². The molecule has 34 heavy (non-hydrogen) atoms. The Morgan fingerprint density at radius 3 is 2.71 bits per heavy atom. The van der Waals surface area contributed by atoms with Crippen molar-refractivity contribution in [1.29, 1.82) is 0 Å². The molecule has 2 aromatic rings. The number of halogens is 1. The summed E-state index contributed by atoms with van der Waals surface area (Å²) in [7, 11) is 0. The van der Waals surface area contributed by atoms with E-state index in [4.69, 9.17) is 25.8 Å². The summed E-state index contributed by atoms with van der Waals surface area (Å²) in [5.41, 5.74) is 2.03. The van der Waals surface area contributed by atoms with Crippen molar-refractivity contribution in [2.75, 3.05) is 32.9 Å². The Morgan fingerprint density at radius 1 is 1.18 bits per heavy atom. The third-order valence-corrected chi connectivity index (χ3v) is 5.87. The number of para-hydroxylation sites is 1. The lowest BCUT2D eigenvalue weighted by Crippen LogP contribution is -2.40. The average molecular weight is 489 g/mol. The van der Waals surface area contributed by atoms with E-state index in [2.05, 4.69) is 19.2 Å². The predicted molar refractivity (Wildman–Crippen MR) is 136 cm³/mol. The molecule has 1 amide bonds.